The lowest BCUT2D eigenvalue weighted by atomic mass is 10.1. The molecule has 2 atom stereocenters. The second-order valence-corrected chi connectivity index (χ2v) is 4.24. The summed E-state index contributed by atoms with van der Waals surface area (Å²) < 4.78 is 0. The van der Waals surface area contributed by atoms with Gasteiger partial charge in [0.2, 0.25) is 0 Å². The largest absolute Gasteiger partial charge is 0.258 e. The topological polar surface area (TPSA) is 15.3 Å². The van der Waals surface area contributed by atoms with Gasteiger partial charge in [-0.05, 0) is 25.1 Å². The monoisotopic (exact) mass is 158 g/mol. The summed E-state index contributed by atoms with van der Waals surface area (Å²) in [6.45, 7) is 1.27. The fourth-order valence-electron chi connectivity index (χ4n) is 1.94. The molecule has 0 amide bonds. The molecular formula is C7H14N2S. The van der Waals surface area contributed by atoms with Crippen molar-refractivity contribution in [1.82, 2.24) is 10.4 Å². The minimum atomic E-state index is 0.828. The number of hydrogen-bond acceptors (Lipinski definition) is 3. The van der Waals surface area contributed by atoms with E-state index in [9.17, 15) is 0 Å². The Hall–Kier alpha value is 0.270. The average molecular weight is 158 g/mol. The normalized spacial score (nSPS) is 40.5. The lowest BCUT2D eigenvalue weighted by Crippen LogP contribution is -2.40. The van der Waals surface area contributed by atoms with Gasteiger partial charge in [-0.25, -0.2) is 5.01 Å². The van der Waals surface area contributed by atoms with Crippen molar-refractivity contribution >= 4 is 11.8 Å². The summed E-state index contributed by atoms with van der Waals surface area (Å²) in [5, 5.41) is 2.39. The first-order valence-electron chi connectivity index (χ1n) is 3.92. The van der Waals surface area contributed by atoms with Crippen molar-refractivity contribution in [3.05, 3.63) is 0 Å². The van der Waals surface area contributed by atoms with Crippen LogP contribution in [0.15, 0.2) is 0 Å². The third-order valence-corrected chi connectivity index (χ3v) is 3.78. The second-order valence-electron chi connectivity index (χ2n) is 3.17. The number of nitrogens with one attached hydrogen (secondary N) is 1. The van der Waals surface area contributed by atoms with E-state index in [4.69, 9.17) is 0 Å². The average Bonchev–Trinajstić information content (AvgIpc) is 2.26. The van der Waals surface area contributed by atoms with E-state index in [0.717, 1.165) is 12.0 Å². The minimum Gasteiger partial charge on any atom is -0.258 e. The van der Waals surface area contributed by atoms with Crippen molar-refractivity contribution in [3.8, 4) is 0 Å². The van der Waals surface area contributed by atoms with Crippen molar-refractivity contribution < 1.29 is 0 Å². The van der Waals surface area contributed by atoms with Crippen LogP contribution in [-0.2, 0) is 0 Å². The summed E-state index contributed by atoms with van der Waals surface area (Å²) in [5.41, 5.74) is 3.26. The molecule has 0 aliphatic carbocycles. The van der Waals surface area contributed by atoms with Gasteiger partial charge in [0.1, 0.15) is 0 Å². The molecule has 0 spiro atoms. The molecule has 1 N–H and O–H groups in total. The zero-order chi connectivity index (χ0) is 6.97. The fourth-order valence-corrected chi connectivity index (χ4v) is 3.24. The van der Waals surface area contributed by atoms with Crippen molar-refractivity contribution in [1.29, 1.82) is 0 Å². The quantitative estimate of drug-likeness (QED) is 0.600. The molecule has 2 rings (SSSR count). The van der Waals surface area contributed by atoms with Crippen LogP contribution >= 0.6 is 11.8 Å². The van der Waals surface area contributed by atoms with Gasteiger partial charge in [-0.3, -0.25) is 5.43 Å². The Morgan fingerprint density at radius 3 is 3.10 bits per heavy atom. The van der Waals surface area contributed by atoms with Gasteiger partial charge in [0, 0.05) is 18.3 Å². The van der Waals surface area contributed by atoms with E-state index in [-0.39, 0.29) is 0 Å². The van der Waals surface area contributed by atoms with Gasteiger partial charge in [0.05, 0.1) is 0 Å². The third-order valence-electron chi connectivity index (χ3n) is 2.45. The first kappa shape index (κ1) is 6.95. The highest BCUT2D eigenvalue weighted by atomic mass is 32.2. The maximum Gasteiger partial charge on any atom is 0.0337 e. The van der Waals surface area contributed by atoms with Gasteiger partial charge < -0.3 is 0 Å². The molecule has 0 aromatic carbocycles. The molecule has 2 heterocycles. The molecule has 10 heavy (non-hydrogen) atoms. The van der Waals surface area contributed by atoms with Gasteiger partial charge in [-0.15, -0.1) is 0 Å². The number of thioether (sulfide) groups is 1. The summed E-state index contributed by atoms with van der Waals surface area (Å²) in [4.78, 5) is 0. The Morgan fingerprint density at radius 1 is 1.50 bits per heavy atom. The lowest BCUT2D eigenvalue weighted by Gasteiger charge is -2.22. The van der Waals surface area contributed by atoms with Crippen LogP contribution in [0.2, 0.25) is 0 Å². The van der Waals surface area contributed by atoms with Gasteiger partial charge in [0.15, 0.2) is 0 Å². The molecule has 3 heteroatoms. The Kier molecular flexibility index (Phi) is 1.89. The van der Waals surface area contributed by atoms with E-state index in [0.29, 0.717) is 0 Å². The van der Waals surface area contributed by atoms with Gasteiger partial charge in [-0.1, -0.05) is 0 Å². The van der Waals surface area contributed by atoms with Crippen molar-refractivity contribution in [2.24, 2.45) is 5.92 Å². The third kappa shape index (κ3) is 1.06. The highest BCUT2D eigenvalue weighted by molar-refractivity contribution is 7.99. The van der Waals surface area contributed by atoms with Gasteiger partial charge in [-0.2, -0.15) is 11.8 Å². The molecule has 2 bridgehead atoms. The molecule has 2 aliphatic rings. The maximum absolute atomic E-state index is 3.26. The van der Waals surface area contributed by atoms with Crippen molar-refractivity contribution in [2.45, 2.75) is 12.5 Å². The number of nitrogens with zero attached hydrogens (tertiary/aromatic N) is 1. The Balaban J connectivity index is 2.01. The predicted molar refractivity (Wildman–Crippen MR) is 45.0 cm³/mol. The molecule has 2 unspecified atom stereocenters. The van der Waals surface area contributed by atoms with Crippen LogP contribution in [0, 0.1) is 5.92 Å². The molecule has 2 aliphatic heterocycles. The van der Waals surface area contributed by atoms with E-state index in [1.807, 2.05) is 7.05 Å². The molecule has 0 aromatic rings. The van der Waals surface area contributed by atoms with E-state index < -0.39 is 0 Å². The SMILES string of the molecule is CNN1CC2CSCC1C2. The fraction of sp³-hybridized carbons (Fsp3) is 1.00. The lowest BCUT2D eigenvalue weighted by molar-refractivity contribution is 0.203. The van der Waals surface area contributed by atoms with Crippen LogP contribution < -0.4 is 5.43 Å². The molecule has 0 radical (unpaired) electrons. The molecule has 2 saturated heterocycles. The zero-order valence-corrected chi connectivity index (χ0v) is 7.16. The van der Waals surface area contributed by atoms with Gasteiger partial charge >= 0.3 is 0 Å². The predicted octanol–water partition coefficient (Wildman–Crippen LogP) is 0.558. The summed E-state index contributed by atoms with van der Waals surface area (Å²) in [6.07, 6.45) is 1.42. The van der Waals surface area contributed by atoms with Crippen LogP contribution in [-0.4, -0.2) is 36.1 Å². The van der Waals surface area contributed by atoms with E-state index in [1.54, 1.807) is 0 Å². The Labute approximate surface area is 66.3 Å². The maximum atomic E-state index is 3.26. The number of rotatable bonds is 1. The second kappa shape index (κ2) is 2.72. The highest BCUT2D eigenvalue weighted by Gasteiger charge is 2.34. The standard InChI is InChI=1S/C7H14N2S/c1-8-9-3-6-2-7(9)5-10-4-6/h6-8H,2-5H2,1H3. The number of hydrogen-bond donors (Lipinski definition) is 1. The molecule has 58 valence electrons. The zero-order valence-electron chi connectivity index (χ0n) is 6.34. The van der Waals surface area contributed by atoms with E-state index >= 15 is 0 Å². The molecule has 2 fully saturated rings. The Morgan fingerprint density at radius 2 is 2.40 bits per heavy atom. The van der Waals surface area contributed by atoms with Crippen LogP contribution in [0.4, 0.5) is 0 Å². The van der Waals surface area contributed by atoms with Crippen molar-refractivity contribution in [3.63, 3.8) is 0 Å². The first-order chi connectivity index (χ1) is 4.90. The van der Waals surface area contributed by atoms with E-state index in [1.165, 1.54) is 24.5 Å². The summed E-state index contributed by atoms with van der Waals surface area (Å²) in [7, 11) is 2.03. The first-order valence-corrected chi connectivity index (χ1v) is 5.07. The molecular weight excluding hydrogens is 144 g/mol. The summed E-state index contributed by atoms with van der Waals surface area (Å²) in [5.74, 6) is 3.68. The molecule has 0 aromatic heterocycles. The summed E-state index contributed by atoms with van der Waals surface area (Å²) in [6, 6.07) is 0.828. The molecule has 2 nitrogen and oxygen atoms in total. The van der Waals surface area contributed by atoms with Crippen LogP contribution in [0.5, 0.6) is 0 Å². The minimum absolute atomic E-state index is 0.828. The molecule has 0 saturated carbocycles. The smallest absolute Gasteiger partial charge is 0.0337 e. The van der Waals surface area contributed by atoms with Crippen molar-refractivity contribution in [2.75, 3.05) is 25.1 Å². The van der Waals surface area contributed by atoms with E-state index in [2.05, 4.69) is 22.2 Å². The highest BCUT2D eigenvalue weighted by Crippen LogP contribution is 2.32. The van der Waals surface area contributed by atoms with Crippen LogP contribution in [0.1, 0.15) is 6.42 Å². The number of hydrazine groups is 1. The van der Waals surface area contributed by atoms with Crippen LogP contribution in [0.3, 0.4) is 0 Å². The van der Waals surface area contributed by atoms with Crippen LogP contribution in [0.25, 0.3) is 0 Å². The summed E-state index contributed by atoms with van der Waals surface area (Å²) >= 11 is 2.11. The van der Waals surface area contributed by atoms with Gasteiger partial charge in [0.25, 0.3) is 0 Å². The number of fused-ring (bicyclic) bond motifs is 2. The Bertz CT molecular complexity index is 129.